The molecule has 4 rings (SSSR count). The SMILES string of the molecule is NC1CCN(c2ncnc(-c3cccc4nsnc34)n2)C1. The highest BCUT2D eigenvalue weighted by atomic mass is 32.1. The first-order valence-electron chi connectivity index (χ1n) is 6.72. The van der Waals surface area contributed by atoms with E-state index in [0.717, 1.165) is 36.1 Å². The number of nitrogens with two attached hydrogens (primary N) is 1. The smallest absolute Gasteiger partial charge is 0.228 e. The maximum atomic E-state index is 5.94. The van der Waals surface area contributed by atoms with Gasteiger partial charge in [-0.25, -0.2) is 9.97 Å². The minimum absolute atomic E-state index is 0.191. The number of hydrogen-bond acceptors (Lipinski definition) is 8. The van der Waals surface area contributed by atoms with E-state index >= 15 is 0 Å². The van der Waals surface area contributed by atoms with E-state index in [9.17, 15) is 0 Å². The average Bonchev–Trinajstić information content (AvgIpc) is 3.15. The molecule has 0 saturated carbocycles. The lowest BCUT2D eigenvalue weighted by Crippen LogP contribution is -2.27. The van der Waals surface area contributed by atoms with Crippen LogP contribution in [0, 0.1) is 0 Å². The summed E-state index contributed by atoms with van der Waals surface area (Å²) in [5.74, 6) is 1.30. The maximum Gasteiger partial charge on any atom is 0.228 e. The van der Waals surface area contributed by atoms with Crippen LogP contribution in [0.15, 0.2) is 24.5 Å². The van der Waals surface area contributed by atoms with Crippen LogP contribution in [0.4, 0.5) is 5.95 Å². The van der Waals surface area contributed by atoms with Crippen LogP contribution in [0.2, 0.25) is 0 Å². The zero-order valence-corrected chi connectivity index (χ0v) is 12.0. The third-order valence-corrected chi connectivity index (χ3v) is 4.14. The summed E-state index contributed by atoms with van der Waals surface area (Å²) >= 11 is 1.19. The third-order valence-electron chi connectivity index (χ3n) is 3.59. The van der Waals surface area contributed by atoms with Crippen molar-refractivity contribution in [2.24, 2.45) is 5.73 Å². The second kappa shape index (κ2) is 4.97. The summed E-state index contributed by atoms with van der Waals surface area (Å²) in [4.78, 5) is 15.2. The topological polar surface area (TPSA) is 93.7 Å². The number of nitrogens with zero attached hydrogens (tertiary/aromatic N) is 6. The maximum absolute atomic E-state index is 5.94. The molecule has 0 bridgehead atoms. The molecule has 1 aliphatic rings. The standard InChI is InChI=1S/C13H13N7S/c14-8-4-5-20(6-8)13-16-7-15-12(17-13)9-2-1-3-10-11(9)19-21-18-10/h1-3,7-8H,4-6,14H2. The van der Waals surface area contributed by atoms with Crippen LogP contribution in [0.25, 0.3) is 22.4 Å². The molecule has 1 saturated heterocycles. The number of anilines is 1. The van der Waals surface area contributed by atoms with Crippen molar-refractivity contribution in [3.05, 3.63) is 24.5 Å². The van der Waals surface area contributed by atoms with E-state index in [1.54, 1.807) is 6.33 Å². The summed E-state index contributed by atoms with van der Waals surface area (Å²) in [5, 5.41) is 0. The zero-order chi connectivity index (χ0) is 14.2. The van der Waals surface area contributed by atoms with Gasteiger partial charge in [-0.05, 0) is 18.6 Å². The molecule has 1 unspecified atom stereocenters. The van der Waals surface area contributed by atoms with E-state index in [4.69, 9.17) is 5.73 Å². The van der Waals surface area contributed by atoms with Crippen LogP contribution in [-0.4, -0.2) is 42.8 Å². The lowest BCUT2D eigenvalue weighted by molar-refractivity contribution is 0.750. The molecule has 3 heterocycles. The second-order valence-corrected chi connectivity index (χ2v) is 5.57. The van der Waals surface area contributed by atoms with Gasteiger partial charge in [0, 0.05) is 24.7 Å². The largest absolute Gasteiger partial charge is 0.339 e. The molecule has 7 nitrogen and oxygen atoms in total. The van der Waals surface area contributed by atoms with Crippen LogP contribution >= 0.6 is 11.7 Å². The zero-order valence-electron chi connectivity index (χ0n) is 11.2. The number of aromatic nitrogens is 5. The molecule has 0 spiro atoms. The Morgan fingerprint density at radius 1 is 1.24 bits per heavy atom. The number of rotatable bonds is 2. The van der Waals surface area contributed by atoms with E-state index in [-0.39, 0.29) is 6.04 Å². The molecule has 0 radical (unpaired) electrons. The summed E-state index contributed by atoms with van der Waals surface area (Å²) in [5.41, 5.74) is 8.52. The molecule has 0 aliphatic carbocycles. The fourth-order valence-electron chi connectivity index (χ4n) is 2.53. The summed E-state index contributed by atoms with van der Waals surface area (Å²) in [7, 11) is 0. The van der Waals surface area contributed by atoms with Crippen LogP contribution in [0.1, 0.15) is 6.42 Å². The number of hydrogen-bond donors (Lipinski definition) is 1. The summed E-state index contributed by atoms with van der Waals surface area (Å²) in [6, 6.07) is 6.02. The van der Waals surface area contributed by atoms with Gasteiger partial charge in [0.05, 0.1) is 11.7 Å². The molecule has 2 aromatic heterocycles. The van der Waals surface area contributed by atoms with Crippen molar-refractivity contribution < 1.29 is 0 Å². The fraction of sp³-hybridized carbons (Fsp3) is 0.308. The highest BCUT2D eigenvalue weighted by Crippen LogP contribution is 2.25. The van der Waals surface area contributed by atoms with Gasteiger partial charge in [0.2, 0.25) is 5.95 Å². The van der Waals surface area contributed by atoms with Crippen LogP contribution in [0.3, 0.4) is 0 Å². The monoisotopic (exact) mass is 299 g/mol. The first-order valence-corrected chi connectivity index (χ1v) is 7.45. The van der Waals surface area contributed by atoms with Gasteiger partial charge in [-0.2, -0.15) is 13.7 Å². The van der Waals surface area contributed by atoms with E-state index < -0.39 is 0 Å². The Labute approximate surface area is 125 Å². The highest BCUT2D eigenvalue weighted by molar-refractivity contribution is 7.00. The van der Waals surface area contributed by atoms with Gasteiger partial charge in [0.1, 0.15) is 17.4 Å². The number of fused-ring (bicyclic) bond motifs is 1. The van der Waals surface area contributed by atoms with E-state index in [1.165, 1.54) is 11.7 Å². The highest BCUT2D eigenvalue weighted by Gasteiger charge is 2.22. The Morgan fingerprint density at radius 2 is 2.19 bits per heavy atom. The van der Waals surface area contributed by atoms with Gasteiger partial charge < -0.3 is 10.6 Å². The van der Waals surface area contributed by atoms with Gasteiger partial charge in [-0.1, -0.05) is 6.07 Å². The van der Waals surface area contributed by atoms with Crippen LogP contribution in [0.5, 0.6) is 0 Å². The predicted molar refractivity (Wildman–Crippen MR) is 81.0 cm³/mol. The van der Waals surface area contributed by atoms with Gasteiger partial charge in [0.25, 0.3) is 0 Å². The van der Waals surface area contributed by atoms with Gasteiger partial charge in [0.15, 0.2) is 5.82 Å². The van der Waals surface area contributed by atoms with Gasteiger partial charge >= 0.3 is 0 Å². The van der Waals surface area contributed by atoms with Crippen molar-refractivity contribution in [1.29, 1.82) is 0 Å². The van der Waals surface area contributed by atoms with Crippen molar-refractivity contribution in [3.8, 4) is 11.4 Å². The van der Waals surface area contributed by atoms with Gasteiger partial charge in [-0.15, -0.1) is 0 Å². The third kappa shape index (κ3) is 2.22. The first-order chi connectivity index (χ1) is 10.3. The molecule has 106 valence electrons. The van der Waals surface area contributed by atoms with E-state index in [2.05, 4.69) is 28.6 Å². The Morgan fingerprint density at radius 3 is 3.05 bits per heavy atom. The lowest BCUT2D eigenvalue weighted by Gasteiger charge is -2.15. The summed E-state index contributed by atoms with van der Waals surface area (Å²) in [6.07, 6.45) is 2.51. The molecule has 2 N–H and O–H groups in total. The molecule has 1 aliphatic heterocycles. The predicted octanol–water partition coefficient (Wildman–Crippen LogP) is 1.08. The molecule has 21 heavy (non-hydrogen) atoms. The van der Waals surface area contributed by atoms with Crippen LogP contribution < -0.4 is 10.6 Å². The van der Waals surface area contributed by atoms with Crippen molar-refractivity contribution in [1.82, 2.24) is 23.7 Å². The van der Waals surface area contributed by atoms with Crippen molar-refractivity contribution >= 4 is 28.7 Å². The van der Waals surface area contributed by atoms with Gasteiger partial charge in [-0.3, -0.25) is 0 Å². The molecule has 1 fully saturated rings. The Balaban J connectivity index is 1.77. The van der Waals surface area contributed by atoms with E-state index in [1.807, 2.05) is 18.2 Å². The molecular weight excluding hydrogens is 286 g/mol. The molecule has 1 atom stereocenters. The minimum Gasteiger partial charge on any atom is -0.339 e. The Bertz CT molecular complexity index is 787. The summed E-state index contributed by atoms with van der Waals surface area (Å²) in [6.45, 7) is 1.67. The van der Waals surface area contributed by atoms with E-state index in [0.29, 0.717) is 11.8 Å². The van der Waals surface area contributed by atoms with Crippen molar-refractivity contribution in [3.63, 3.8) is 0 Å². The Kier molecular flexibility index (Phi) is 2.97. The summed E-state index contributed by atoms with van der Waals surface area (Å²) < 4.78 is 8.58. The Hall–Kier alpha value is -2.19. The molecule has 8 heteroatoms. The molecular formula is C13H13N7S. The normalized spacial score (nSPS) is 18.5. The lowest BCUT2D eigenvalue weighted by atomic mass is 10.2. The van der Waals surface area contributed by atoms with Crippen molar-refractivity contribution in [2.75, 3.05) is 18.0 Å². The number of benzene rings is 1. The second-order valence-electron chi connectivity index (χ2n) is 5.04. The fourth-order valence-corrected chi connectivity index (χ4v) is 3.07. The average molecular weight is 299 g/mol. The van der Waals surface area contributed by atoms with Crippen LogP contribution in [-0.2, 0) is 0 Å². The molecule has 3 aromatic rings. The first kappa shape index (κ1) is 12.5. The van der Waals surface area contributed by atoms with Crippen molar-refractivity contribution in [2.45, 2.75) is 12.5 Å². The quantitative estimate of drug-likeness (QED) is 0.756. The minimum atomic E-state index is 0.191. The molecule has 0 amide bonds. The molecule has 1 aromatic carbocycles.